The van der Waals surface area contributed by atoms with Gasteiger partial charge in [-0.25, -0.2) is 0 Å². The minimum absolute atomic E-state index is 0.0701. The number of anilines is 1. The number of nitrogens with one attached hydrogen (secondary N) is 1. The van der Waals surface area contributed by atoms with Crippen LogP contribution in [0.1, 0.15) is 16.7 Å². The third-order valence-electron chi connectivity index (χ3n) is 4.03. The maximum Gasteiger partial charge on any atom is 0.228 e. The molecule has 3 rings (SSSR count). The summed E-state index contributed by atoms with van der Waals surface area (Å²) < 4.78 is 16.3. The number of fused-ring (bicyclic) bond motifs is 1. The molecule has 2 aromatic carbocycles. The third-order valence-corrected chi connectivity index (χ3v) is 4.03. The average Bonchev–Trinajstić information content (AvgIpc) is 2.57. The standard InChI is InChI=1S/C19H21NO4/c1-12-9-17(22-3)13(2)8-14(12)10-19(21)20-15-4-5-16-18(11-15)24-7-6-23-16/h4-5,8-9,11H,6-7,10H2,1-3H3,(H,20,21). The van der Waals surface area contributed by atoms with E-state index in [1.165, 1.54) is 0 Å². The van der Waals surface area contributed by atoms with Crippen molar-refractivity contribution in [2.24, 2.45) is 0 Å². The van der Waals surface area contributed by atoms with Gasteiger partial charge in [-0.3, -0.25) is 4.79 Å². The lowest BCUT2D eigenvalue weighted by Gasteiger charge is -2.19. The third kappa shape index (κ3) is 3.45. The van der Waals surface area contributed by atoms with Crippen molar-refractivity contribution in [2.45, 2.75) is 20.3 Å². The van der Waals surface area contributed by atoms with Gasteiger partial charge in [-0.05, 0) is 48.7 Å². The SMILES string of the molecule is COc1cc(C)c(CC(=O)Nc2ccc3c(c2)OCCO3)cc1C. The van der Waals surface area contributed by atoms with Gasteiger partial charge in [0.05, 0.1) is 13.5 Å². The first-order valence-corrected chi connectivity index (χ1v) is 7.90. The molecule has 24 heavy (non-hydrogen) atoms. The molecule has 1 aliphatic rings. The predicted molar refractivity (Wildman–Crippen MR) is 92.2 cm³/mol. The van der Waals surface area contributed by atoms with Gasteiger partial charge in [0.1, 0.15) is 19.0 Å². The highest BCUT2D eigenvalue weighted by Gasteiger charge is 2.14. The molecule has 1 heterocycles. The smallest absolute Gasteiger partial charge is 0.228 e. The van der Waals surface area contributed by atoms with Gasteiger partial charge < -0.3 is 19.5 Å². The topological polar surface area (TPSA) is 56.8 Å². The van der Waals surface area contributed by atoms with E-state index >= 15 is 0 Å². The zero-order valence-electron chi connectivity index (χ0n) is 14.1. The fourth-order valence-corrected chi connectivity index (χ4v) is 2.76. The van der Waals surface area contributed by atoms with Crippen LogP contribution in [-0.2, 0) is 11.2 Å². The van der Waals surface area contributed by atoms with Crippen molar-refractivity contribution in [3.05, 3.63) is 47.0 Å². The minimum atomic E-state index is -0.0701. The second kappa shape index (κ2) is 6.83. The molecule has 0 atom stereocenters. The summed E-state index contributed by atoms with van der Waals surface area (Å²) in [7, 11) is 1.65. The quantitative estimate of drug-likeness (QED) is 0.936. The highest BCUT2D eigenvalue weighted by molar-refractivity contribution is 5.92. The van der Waals surface area contributed by atoms with Gasteiger partial charge in [-0.15, -0.1) is 0 Å². The number of benzene rings is 2. The Balaban J connectivity index is 1.71. The molecule has 2 aromatic rings. The molecular weight excluding hydrogens is 306 g/mol. The van der Waals surface area contributed by atoms with Crippen molar-refractivity contribution in [3.63, 3.8) is 0 Å². The van der Waals surface area contributed by atoms with Gasteiger partial charge in [0, 0.05) is 11.8 Å². The molecule has 126 valence electrons. The molecule has 0 radical (unpaired) electrons. The van der Waals surface area contributed by atoms with Gasteiger partial charge in [-0.1, -0.05) is 6.07 Å². The summed E-state index contributed by atoms with van der Waals surface area (Å²) >= 11 is 0. The van der Waals surface area contributed by atoms with Crippen LogP contribution in [0.25, 0.3) is 0 Å². The lowest BCUT2D eigenvalue weighted by atomic mass is 10.0. The zero-order chi connectivity index (χ0) is 17.1. The first-order chi connectivity index (χ1) is 11.6. The van der Waals surface area contributed by atoms with E-state index in [0.717, 1.165) is 22.4 Å². The Hall–Kier alpha value is -2.69. The molecule has 1 N–H and O–H groups in total. The minimum Gasteiger partial charge on any atom is -0.496 e. The summed E-state index contributed by atoms with van der Waals surface area (Å²) in [4.78, 5) is 12.4. The summed E-state index contributed by atoms with van der Waals surface area (Å²) in [5.41, 5.74) is 3.75. The number of aryl methyl sites for hydroxylation is 2. The van der Waals surface area contributed by atoms with Crippen LogP contribution < -0.4 is 19.5 Å². The fourth-order valence-electron chi connectivity index (χ4n) is 2.76. The molecule has 0 fully saturated rings. The predicted octanol–water partition coefficient (Wildman–Crippen LogP) is 3.26. The van der Waals surface area contributed by atoms with Crippen molar-refractivity contribution in [3.8, 4) is 17.2 Å². The molecule has 5 heteroatoms. The normalized spacial score (nSPS) is 12.6. The number of carbonyl (C=O) groups excluding carboxylic acids is 1. The number of amides is 1. The van der Waals surface area contributed by atoms with Crippen LogP contribution in [0, 0.1) is 13.8 Å². The number of methoxy groups -OCH3 is 1. The molecule has 1 amide bonds. The molecule has 5 nitrogen and oxygen atoms in total. The number of hydrogen-bond donors (Lipinski definition) is 1. The van der Waals surface area contributed by atoms with Crippen molar-refractivity contribution < 1.29 is 19.0 Å². The average molecular weight is 327 g/mol. The second-order valence-electron chi connectivity index (χ2n) is 5.83. The maximum atomic E-state index is 12.4. The van der Waals surface area contributed by atoms with Crippen molar-refractivity contribution in [2.75, 3.05) is 25.6 Å². The summed E-state index contributed by atoms with van der Waals surface area (Å²) in [5.74, 6) is 2.14. The Labute approximate surface area is 141 Å². The largest absolute Gasteiger partial charge is 0.496 e. The van der Waals surface area contributed by atoms with Crippen LogP contribution >= 0.6 is 0 Å². The Bertz CT molecular complexity index is 770. The van der Waals surface area contributed by atoms with E-state index in [-0.39, 0.29) is 5.91 Å². The molecule has 0 aromatic heterocycles. The molecule has 0 aliphatic carbocycles. The van der Waals surface area contributed by atoms with E-state index in [4.69, 9.17) is 14.2 Å². The van der Waals surface area contributed by atoms with Crippen LogP contribution in [0.4, 0.5) is 5.69 Å². The van der Waals surface area contributed by atoms with Crippen molar-refractivity contribution in [1.29, 1.82) is 0 Å². The second-order valence-corrected chi connectivity index (χ2v) is 5.83. The maximum absolute atomic E-state index is 12.4. The van der Waals surface area contributed by atoms with Gasteiger partial charge in [0.25, 0.3) is 0 Å². The van der Waals surface area contributed by atoms with Gasteiger partial charge in [-0.2, -0.15) is 0 Å². The summed E-state index contributed by atoms with van der Waals surface area (Å²) in [6.07, 6.45) is 0.311. The number of rotatable bonds is 4. The molecule has 0 spiro atoms. The highest BCUT2D eigenvalue weighted by atomic mass is 16.6. The van der Waals surface area contributed by atoms with E-state index in [1.54, 1.807) is 13.2 Å². The molecule has 0 saturated carbocycles. The highest BCUT2D eigenvalue weighted by Crippen LogP contribution is 2.32. The van der Waals surface area contributed by atoms with Gasteiger partial charge in [0.15, 0.2) is 11.5 Å². The number of hydrogen-bond acceptors (Lipinski definition) is 4. The fraction of sp³-hybridized carbons (Fsp3) is 0.316. The van der Waals surface area contributed by atoms with Crippen LogP contribution in [-0.4, -0.2) is 26.2 Å². The van der Waals surface area contributed by atoms with E-state index in [9.17, 15) is 4.79 Å². The number of ether oxygens (including phenoxy) is 3. The van der Waals surface area contributed by atoms with Crippen LogP contribution in [0.2, 0.25) is 0 Å². The number of carbonyl (C=O) groups is 1. The first kappa shape index (κ1) is 16.2. The van der Waals surface area contributed by atoms with E-state index in [1.807, 2.05) is 38.1 Å². The van der Waals surface area contributed by atoms with Crippen LogP contribution in [0.5, 0.6) is 17.2 Å². The van der Waals surface area contributed by atoms with Gasteiger partial charge >= 0.3 is 0 Å². The Morgan fingerprint density at radius 1 is 1.08 bits per heavy atom. The van der Waals surface area contributed by atoms with E-state index < -0.39 is 0 Å². The van der Waals surface area contributed by atoms with Crippen molar-refractivity contribution >= 4 is 11.6 Å². The van der Waals surface area contributed by atoms with Crippen LogP contribution in [0.15, 0.2) is 30.3 Å². The van der Waals surface area contributed by atoms with E-state index in [0.29, 0.717) is 36.8 Å². The van der Waals surface area contributed by atoms with Crippen molar-refractivity contribution in [1.82, 2.24) is 0 Å². The van der Waals surface area contributed by atoms with E-state index in [2.05, 4.69) is 5.32 Å². The monoisotopic (exact) mass is 327 g/mol. The Morgan fingerprint density at radius 2 is 1.83 bits per heavy atom. The lowest BCUT2D eigenvalue weighted by Crippen LogP contribution is -2.17. The summed E-state index contributed by atoms with van der Waals surface area (Å²) in [5, 5.41) is 2.91. The first-order valence-electron chi connectivity index (χ1n) is 7.90. The van der Waals surface area contributed by atoms with Crippen LogP contribution in [0.3, 0.4) is 0 Å². The summed E-state index contributed by atoms with van der Waals surface area (Å²) in [6, 6.07) is 9.38. The lowest BCUT2D eigenvalue weighted by molar-refractivity contribution is -0.115. The Kier molecular flexibility index (Phi) is 4.60. The zero-order valence-corrected chi connectivity index (χ0v) is 14.1. The molecular formula is C19H21NO4. The molecule has 0 bridgehead atoms. The summed E-state index contributed by atoms with van der Waals surface area (Å²) in [6.45, 7) is 5.03. The Morgan fingerprint density at radius 3 is 2.58 bits per heavy atom. The van der Waals surface area contributed by atoms with Gasteiger partial charge in [0.2, 0.25) is 5.91 Å². The molecule has 0 unspecified atom stereocenters. The molecule has 0 saturated heterocycles. The molecule has 1 aliphatic heterocycles.